The van der Waals surface area contributed by atoms with E-state index in [0.717, 1.165) is 29.7 Å². The van der Waals surface area contributed by atoms with Gasteiger partial charge in [-0.3, -0.25) is 9.59 Å². The Hall–Kier alpha value is -1.16. The van der Waals surface area contributed by atoms with Crippen LogP contribution in [0.1, 0.15) is 50.0 Å². The lowest BCUT2D eigenvalue weighted by Crippen LogP contribution is -2.38. The summed E-state index contributed by atoms with van der Waals surface area (Å²) in [6, 6.07) is 5.86. The fraction of sp³-hybridized carbons (Fsp3) is 0.529. The van der Waals surface area contributed by atoms with Crippen LogP contribution < -0.4 is 4.90 Å². The summed E-state index contributed by atoms with van der Waals surface area (Å²) in [5, 5.41) is 0. The van der Waals surface area contributed by atoms with Gasteiger partial charge in [0.2, 0.25) is 5.91 Å². The van der Waals surface area contributed by atoms with Crippen LogP contribution in [0.3, 0.4) is 0 Å². The average Bonchev–Trinajstić information content (AvgIpc) is 2.79. The van der Waals surface area contributed by atoms with E-state index in [1.54, 1.807) is 0 Å². The van der Waals surface area contributed by atoms with E-state index in [2.05, 4.69) is 22.9 Å². The predicted molar refractivity (Wildman–Crippen MR) is 89.3 cm³/mol. The van der Waals surface area contributed by atoms with E-state index in [1.165, 1.54) is 0 Å². The second-order valence-corrected chi connectivity index (χ2v) is 7.10. The van der Waals surface area contributed by atoms with Crippen molar-refractivity contribution in [2.75, 3.05) is 4.90 Å². The highest BCUT2D eigenvalue weighted by Crippen LogP contribution is 2.34. The van der Waals surface area contributed by atoms with Crippen LogP contribution in [0.4, 0.5) is 5.69 Å². The number of alkyl halides is 1. The first-order valence-corrected chi connectivity index (χ1v) is 8.42. The second-order valence-electron chi connectivity index (χ2n) is 6.00. The van der Waals surface area contributed by atoms with Crippen LogP contribution in [0, 0.1) is 5.92 Å². The van der Waals surface area contributed by atoms with Crippen molar-refractivity contribution in [3.63, 3.8) is 0 Å². The minimum absolute atomic E-state index is 0.0216. The molecule has 1 aliphatic heterocycles. The maximum absolute atomic E-state index is 12.3. The van der Waals surface area contributed by atoms with Gasteiger partial charge in [0.05, 0.1) is 4.83 Å². The molecule has 4 heteroatoms. The van der Waals surface area contributed by atoms with Crippen molar-refractivity contribution < 1.29 is 9.59 Å². The molecule has 3 nitrogen and oxygen atoms in total. The maximum atomic E-state index is 12.3. The molecule has 1 aromatic rings. The van der Waals surface area contributed by atoms with E-state index < -0.39 is 0 Å². The standard InChI is InChI=1S/C17H22BrNO2/c1-5-14(18)16(20)12-6-7-15-13(9-12)8-11(4)19(15)17(21)10(2)3/h6-7,9-11,14H,5,8H2,1-4H3. The van der Waals surface area contributed by atoms with Gasteiger partial charge in [-0.05, 0) is 43.5 Å². The van der Waals surface area contributed by atoms with Gasteiger partial charge < -0.3 is 4.90 Å². The summed E-state index contributed by atoms with van der Waals surface area (Å²) < 4.78 is 0. The molecule has 1 heterocycles. The van der Waals surface area contributed by atoms with Gasteiger partial charge in [0.25, 0.3) is 0 Å². The van der Waals surface area contributed by atoms with Gasteiger partial charge in [-0.2, -0.15) is 0 Å². The summed E-state index contributed by atoms with van der Waals surface area (Å²) in [5.41, 5.74) is 2.78. The molecule has 0 bridgehead atoms. The lowest BCUT2D eigenvalue weighted by atomic mass is 10.0. The Labute approximate surface area is 134 Å². The minimum Gasteiger partial charge on any atom is -0.309 e. The van der Waals surface area contributed by atoms with E-state index in [0.29, 0.717) is 0 Å². The first kappa shape index (κ1) is 16.2. The molecule has 0 spiro atoms. The number of amides is 1. The maximum Gasteiger partial charge on any atom is 0.229 e. The van der Waals surface area contributed by atoms with E-state index >= 15 is 0 Å². The highest BCUT2D eigenvalue weighted by atomic mass is 79.9. The SMILES string of the molecule is CCC(Br)C(=O)c1ccc2c(c1)CC(C)N2C(=O)C(C)C. The van der Waals surface area contributed by atoms with Gasteiger partial charge in [-0.25, -0.2) is 0 Å². The van der Waals surface area contributed by atoms with Crippen molar-refractivity contribution in [2.45, 2.75) is 51.4 Å². The second kappa shape index (κ2) is 6.30. The third kappa shape index (κ3) is 3.05. The van der Waals surface area contributed by atoms with Gasteiger partial charge in [-0.1, -0.05) is 36.7 Å². The third-order valence-electron chi connectivity index (χ3n) is 3.95. The zero-order chi connectivity index (χ0) is 15.7. The molecule has 0 radical (unpaired) electrons. The number of carbonyl (C=O) groups excluding carboxylic acids is 2. The minimum atomic E-state index is -0.136. The van der Waals surface area contributed by atoms with Crippen molar-refractivity contribution in [3.05, 3.63) is 29.3 Å². The number of carbonyl (C=O) groups is 2. The van der Waals surface area contributed by atoms with E-state index in [9.17, 15) is 9.59 Å². The van der Waals surface area contributed by atoms with Crippen LogP contribution in [0.15, 0.2) is 18.2 Å². The van der Waals surface area contributed by atoms with Crippen LogP contribution in [-0.2, 0) is 11.2 Å². The molecule has 0 saturated heterocycles. The van der Waals surface area contributed by atoms with Gasteiger partial charge in [-0.15, -0.1) is 0 Å². The summed E-state index contributed by atoms with van der Waals surface area (Å²) in [4.78, 5) is 26.3. The molecule has 0 aromatic heterocycles. The highest BCUT2D eigenvalue weighted by Gasteiger charge is 2.32. The average molecular weight is 352 g/mol. The number of halogens is 1. The summed E-state index contributed by atoms with van der Waals surface area (Å²) >= 11 is 3.41. The third-order valence-corrected chi connectivity index (χ3v) is 5.02. The number of Topliss-reactive ketones (excluding diaryl/α,β-unsaturated/α-hetero) is 1. The first-order valence-electron chi connectivity index (χ1n) is 7.51. The zero-order valence-electron chi connectivity index (χ0n) is 13.0. The Bertz CT molecular complexity index is 568. The number of hydrogen-bond donors (Lipinski definition) is 0. The Morgan fingerprint density at radius 1 is 1.38 bits per heavy atom. The molecule has 2 atom stereocenters. The van der Waals surface area contributed by atoms with E-state index in [4.69, 9.17) is 0 Å². The molecule has 2 unspecified atom stereocenters. The highest BCUT2D eigenvalue weighted by molar-refractivity contribution is 9.10. The smallest absolute Gasteiger partial charge is 0.229 e. The Kier molecular flexibility index (Phi) is 4.87. The lowest BCUT2D eigenvalue weighted by Gasteiger charge is -2.24. The molecule has 0 N–H and O–H groups in total. The van der Waals surface area contributed by atoms with E-state index in [1.807, 2.05) is 43.9 Å². The summed E-state index contributed by atoms with van der Waals surface area (Å²) in [7, 11) is 0. The predicted octanol–water partition coefficient (Wildman–Crippen LogP) is 3.98. The van der Waals surface area contributed by atoms with Crippen molar-refractivity contribution in [2.24, 2.45) is 5.92 Å². The van der Waals surface area contributed by atoms with Gasteiger partial charge in [0.15, 0.2) is 5.78 Å². The number of fused-ring (bicyclic) bond motifs is 1. The summed E-state index contributed by atoms with van der Waals surface area (Å²) in [6.45, 7) is 7.88. The van der Waals surface area contributed by atoms with Crippen LogP contribution in [0.2, 0.25) is 0 Å². The van der Waals surface area contributed by atoms with Crippen molar-refractivity contribution in [3.8, 4) is 0 Å². The fourth-order valence-corrected chi connectivity index (χ4v) is 3.03. The lowest BCUT2D eigenvalue weighted by molar-refractivity contribution is -0.121. The van der Waals surface area contributed by atoms with Gasteiger partial charge >= 0.3 is 0 Å². The van der Waals surface area contributed by atoms with Crippen LogP contribution in [0.25, 0.3) is 0 Å². The molecule has 1 aliphatic rings. The van der Waals surface area contributed by atoms with Crippen molar-refractivity contribution >= 4 is 33.3 Å². The number of benzene rings is 1. The fourth-order valence-electron chi connectivity index (χ4n) is 2.76. The largest absolute Gasteiger partial charge is 0.309 e. The molecule has 2 rings (SSSR count). The molecular formula is C17H22BrNO2. The quantitative estimate of drug-likeness (QED) is 0.607. The van der Waals surface area contributed by atoms with E-state index in [-0.39, 0.29) is 28.5 Å². The summed E-state index contributed by atoms with van der Waals surface area (Å²) in [5.74, 6) is 0.237. The number of hydrogen-bond acceptors (Lipinski definition) is 2. The number of ketones is 1. The normalized spacial score (nSPS) is 18.8. The summed E-state index contributed by atoms with van der Waals surface area (Å²) in [6.07, 6.45) is 1.58. The molecule has 1 aromatic carbocycles. The molecule has 21 heavy (non-hydrogen) atoms. The number of rotatable bonds is 4. The monoisotopic (exact) mass is 351 g/mol. The molecular weight excluding hydrogens is 330 g/mol. The molecule has 0 aliphatic carbocycles. The Balaban J connectivity index is 2.34. The number of nitrogens with zero attached hydrogens (tertiary/aromatic N) is 1. The molecule has 1 amide bonds. The Morgan fingerprint density at radius 3 is 2.62 bits per heavy atom. The van der Waals surface area contributed by atoms with Gasteiger partial charge in [0.1, 0.15) is 0 Å². The zero-order valence-corrected chi connectivity index (χ0v) is 14.6. The molecule has 114 valence electrons. The van der Waals surface area contributed by atoms with Crippen LogP contribution >= 0.6 is 15.9 Å². The Morgan fingerprint density at radius 2 is 2.05 bits per heavy atom. The topological polar surface area (TPSA) is 37.4 Å². The molecule has 0 fully saturated rings. The number of anilines is 1. The van der Waals surface area contributed by atoms with Crippen molar-refractivity contribution in [1.82, 2.24) is 0 Å². The van der Waals surface area contributed by atoms with Crippen molar-refractivity contribution in [1.29, 1.82) is 0 Å². The van der Waals surface area contributed by atoms with Crippen LogP contribution in [-0.4, -0.2) is 22.6 Å². The van der Waals surface area contributed by atoms with Gasteiger partial charge in [0, 0.05) is 23.2 Å². The first-order chi connectivity index (χ1) is 9.86. The molecule has 0 saturated carbocycles. The van der Waals surface area contributed by atoms with Crippen LogP contribution in [0.5, 0.6) is 0 Å².